The summed E-state index contributed by atoms with van der Waals surface area (Å²) in [5.41, 5.74) is 0. The number of hydrogen-bond acceptors (Lipinski definition) is 0. The molecule has 2 nitrogen and oxygen atoms in total. The summed E-state index contributed by atoms with van der Waals surface area (Å²) in [4.78, 5) is 0. The quantitative estimate of drug-likeness (QED) is 0.494. The van der Waals surface area contributed by atoms with Gasteiger partial charge in [-0.05, 0) is 0 Å². The Kier molecular flexibility index (Phi) is 5.99. The molecule has 1 aromatic rings. The lowest BCUT2D eigenvalue weighted by molar-refractivity contribution is -0.697. The van der Waals surface area contributed by atoms with Gasteiger partial charge in [0.1, 0.15) is 25.5 Å². The Balaban J connectivity index is 0.00000144. The molecule has 1 aromatic heterocycles. The number of hydrogen-bond donors (Lipinski definition) is 0. The molecule has 0 aliphatic rings. The molecule has 72 valence electrons. The van der Waals surface area contributed by atoms with Crippen LogP contribution >= 0.6 is 15.9 Å². The van der Waals surface area contributed by atoms with Gasteiger partial charge in [0.05, 0.1) is 0 Å². The molecule has 0 atom stereocenters. The minimum absolute atomic E-state index is 0. The molecule has 0 amide bonds. The van der Waals surface area contributed by atoms with Crippen molar-refractivity contribution in [2.24, 2.45) is 0 Å². The third-order valence-corrected chi connectivity index (χ3v) is 2.46. The van der Waals surface area contributed by atoms with E-state index in [-0.39, 0.29) is 17.0 Å². The SMILES string of the molecule is C=CCn1cc[n+](CC=C)c1Br.[Br-]. The van der Waals surface area contributed by atoms with Gasteiger partial charge >= 0.3 is 4.73 Å². The van der Waals surface area contributed by atoms with Gasteiger partial charge < -0.3 is 17.0 Å². The average Bonchev–Trinajstić information content (AvgIpc) is 2.38. The summed E-state index contributed by atoms with van der Waals surface area (Å²) in [6.07, 6.45) is 7.75. The van der Waals surface area contributed by atoms with Crippen molar-refractivity contribution in [1.82, 2.24) is 4.57 Å². The average molecular weight is 308 g/mol. The van der Waals surface area contributed by atoms with Crippen molar-refractivity contribution in [3.8, 4) is 0 Å². The zero-order valence-electron chi connectivity index (χ0n) is 7.29. The summed E-state index contributed by atoms with van der Waals surface area (Å²) in [5.74, 6) is 0. The topological polar surface area (TPSA) is 8.81 Å². The summed E-state index contributed by atoms with van der Waals surface area (Å²) in [5, 5.41) is 0. The van der Waals surface area contributed by atoms with Crippen LogP contribution in [0.4, 0.5) is 0 Å². The Bertz CT molecular complexity index is 264. The molecule has 1 heterocycles. The Morgan fingerprint density at radius 2 is 2.15 bits per heavy atom. The Labute approximate surface area is 97.5 Å². The molecule has 0 aromatic carbocycles. The van der Waals surface area contributed by atoms with Crippen molar-refractivity contribution in [3.63, 3.8) is 0 Å². The molecule has 0 unspecified atom stereocenters. The number of nitrogens with zero attached hydrogens (tertiary/aromatic N) is 2. The normalized spacial score (nSPS) is 9.00. The standard InChI is InChI=1S/C9H12BrN2.BrH/c1-3-5-11-7-8-12(6-4-2)9(11)10;/h3-4,7-8H,1-2,5-6H2;1H/q+1;/p-1. The minimum atomic E-state index is 0. The van der Waals surface area contributed by atoms with Gasteiger partial charge in [-0.1, -0.05) is 25.3 Å². The van der Waals surface area contributed by atoms with E-state index in [0.29, 0.717) is 0 Å². The smallest absolute Gasteiger partial charge is 0.325 e. The van der Waals surface area contributed by atoms with E-state index < -0.39 is 0 Å². The number of rotatable bonds is 4. The highest BCUT2D eigenvalue weighted by atomic mass is 79.9. The van der Waals surface area contributed by atoms with E-state index in [1.807, 2.05) is 24.5 Å². The van der Waals surface area contributed by atoms with E-state index in [0.717, 1.165) is 17.8 Å². The van der Waals surface area contributed by atoms with Gasteiger partial charge in [-0.3, -0.25) is 0 Å². The molecule has 0 radical (unpaired) electrons. The summed E-state index contributed by atoms with van der Waals surface area (Å²) >= 11 is 3.48. The van der Waals surface area contributed by atoms with Crippen LogP contribution in [0.1, 0.15) is 0 Å². The summed E-state index contributed by atoms with van der Waals surface area (Å²) in [6, 6.07) is 0. The van der Waals surface area contributed by atoms with Crippen LogP contribution in [-0.2, 0) is 13.1 Å². The maximum atomic E-state index is 3.68. The lowest BCUT2D eigenvalue weighted by Crippen LogP contribution is -3.00. The van der Waals surface area contributed by atoms with Crippen LogP contribution in [-0.4, -0.2) is 4.57 Å². The van der Waals surface area contributed by atoms with Crippen molar-refractivity contribution >= 4 is 15.9 Å². The highest BCUT2D eigenvalue weighted by Crippen LogP contribution is 2.04. The molecule has 0 fully saturated rings. The summed E-state index contributed by atoms with van der Waals surface area (Å²) < 4.78 is 5.18. The minimum Gasteiger partial charge on any atom is -1.00 e. The van der Waals surface area contributed by atoms with Crippen molar-refractivity contribution in [3.05, 3.63) is 42.4 Å². The zero-order valence-corrected chi connectivity index (χ0v) is 10.5. The van der Waals surface area contributed by atoms with E-state index in [9.17, 15) is 0 Å². The van der Waals surface area contributed by atoms with Crippen LogP contribution in [0.5, 0.6) is 0 Å². The van der Waals surface area contributed by atoms with E-state index in [1.54, 1.807) is 0 Å². The largest absolute Gasteiger partial charge is 1.00 e. The number of allylic oxidation sites excluding steroid dienone is 2. The van der Waals surface area contributed by atoms with Crippen molar-refractivity contribution in [1.29, 1.82) is 0 Å². The Morgan fingerprint density at radius 1 is 1.46 bits per heavy atom. The molecule has 0 saturated heterocycles. The van der Waals surface area contributed by atoms with Crippen LogP contribution < -0.4 is 21.5 Å². The molecule has 0 spiro atoms. The van der Waals surface area contributed by atoms with Gasteiger partial charge in [0, 0.05) is 15.9 Å². The summed E-state index contributed by atoms with van der Waals surface area (Å²) in [6.45, 7) is 9.01. The second kappa shape index (κ2) is 6.16. The molecule has 0 saturated carbocycles. The highest BCUT2D eigenvalue weighted by molar-refractivity contribution is 9.10. The van der Waals surface area contributed by atoms with Crippen molar-refractivity contribution in [2.45, 2.75) is 13.1 Å². The molecule has 4 heteroatoms. The molecule has 1 rings (SSSR count). The second-order valence-electron chi connectivity index (χ2n) is 2.45. The van der Waals surface area contributed by atoms with Gasteiger partial charge in [-0.2, -0.15) is 0 Å². The van der Waals surface area contributed by atoms with E-state index in [1.165, 1.54) is 0 Å². The number of aromatic nitrogens is 2. The van der Waals surface area contributed by atoms with Gasteiger partial charge in [0.15, 0.2) is 0 Å². The van der Waals surface area contributed by atoms with E-state index in [4.69, 9.17) is 0 Å². The van der Waals surface area contributed by atoms with Gasteiger partial charge in [0.25, 0.3) is 0 Å². The molecule has 0 aliphatic carbocycles. The maximum absolute atomic E-state index is 3.68. The molecule has 13 heavy (non-hydrogen) atoms. The molecule has 0 N–H and O–H groups in total. The van der Waals surface area contributed by atoms with Crippen molar-refractivity contribution in [2.75, 3.05) is 0 Å². The number of imidazole rings is 1. The first-order valence-electron chi connectivity index (χ1n) is 3.75. The lowest BCUT2D eigenvalue weighted by atomic mass is 10.6. The Morgan fingerprint density at radius 3 is 2.69 bits per heavy atom. The van der Waals surface area contributed by atoms with Crippen LogP contribution in [0.25, 0.3) is 0 Å². The second-order valence-corrected chi connectivity index (χ2v) is 3.16. The molecular formula is C9H12Br2N2. The first-order chi connectivity index (χ1) is 5.79. The molecule has 0 aliphatic heterocycles. The van der Waals surface area contributed by atoms with Gasteiger partial charge in [0.2, 0.25) is 0 Å². The first-order valence-corrected chi connectivity index (χ1v) is 4.54. The predicted octanol–water partition coefficient (Wildman–Crippen LogP) is -1.09. The lowest BCUT2D eigenvalue weighted by Gasteiger charge is -1.92. The summed E-state index contributed by atoms with van der Waals surface area (Å²) in [7, 11) is 0. The number of halogens is 2. The third kappa shape index (κ3) is 3.12. The molecule has 0 bridgehead atoms. The van der Waals surface area contributed by atoms with E-state index in [2.05, 4.69) is 38.2 Å². The monoisotopic (exact) mass is 306 g/mol. The highest BCUT2D eigenvalue weighted by Gasteiger charge is 2.10. The van der Waals surface area contributed by atoms with Crippen LogP contribution in [0.3, 0.4) is 0 Å². The fourth-order valence-electron chi connectivity index (χ4n) is 0.999. The van der Waals surface area contributed by atoms with Gasteiger partial charge in [-0.15, -0.1) is 0 Å². The fraction of sp³-hybridized carbons (Fsp3) is 0.222. The van der Waals surface area contributed by atoms with E-state index >= 15 is 0 Å². The predicted molar refractivity (Wildman–Crippen MR) is 52.7 cm³/mol. The van der Waals surface area contributed by atoms with Crippen LogP contribution in [0.15, 0.2) is 42.4 Å². The van der Waals surface area contributed by atoms with Crippen LogP contribution in [0, 0.1) is 0 Å². The third-order valence-electron chi connectivity index (χ3n) is 1.55. The maximum Gasteiger partial charge on any atom is 0.325 e. The van der Waals surface area contributed by atoms with Crippen molar-refractivity contribution < 1.29 is 21.5 Å². The Hall–Kier alpha value is -0.350. The van der Waals surface area contributed by atoms with Gasteiger partial charge in [-0.25, -0.2) is 9.13 Å². The molecular weight excluding hydrogens is 296 g/mol. The van der Waals surface area contributed by atoms with Crippen LogP contribution in [0.2, 0.25) is 0 Å². The fourth-order valence-corrected chi connectivity index (χ4v) is 1.53. The first kappa shape index (κ1) is 12.7. The zero-order chi connectivity index (χ0) is 8.97.